The first-order chi connectivity index (χ1) is 21.8. The average Bonchev–Trinajstić information content (AvgIpc) is 3.05. The number of carbonyl (C=O) groups excluding carboxylic acids is 2. The zero-order valence-electron chi connectivity index (χ0n) is 24.7. The monoisotopic (exact) mass is 621 g/mol. The van der Waals surface area contributed by atoms with E-state index in [0.717, 1.165) is 27.6 Å². The van der Waals surface area contributed by atoms with Crippen molar-refractivity contribution in [2.24, 2.45) is 0 Å². The molecule has 0 saturated carbocycles. The van der Waals surface area contributed by atoms with Crippen LogP contribution in [0.4, 0.5) is 11.4 Å². The molecule has 0 aliphatic heterocycles. The van der Waals surface area contributed by atoms with Crippen molar-refractivity contribution in [3.05, 3.63) is 104 Å². The number of rotatable bonds is 12. The number of ketones is 1. The molecule has 1 amide bonds. The quantitative estimate of drug-likeness (QED) is 0.152. The Balaban J connectivity index is 1.34. The van der Waals surface area contributed by atoms with Gasteiger partial charge in [0.05, 0.1) is 17.5 Å². The first-order valence-corrected chi connectivity index (χ1v) is 15.7. The van der Waals surface area contributed by atoms with Gasteiger partial charge in [-0.1, -0.05) is 12.1 Å². The number of allylic oxidation sites excluding steroid dienone is 2. The molecule has 2 N–H and O–H groups in total. The van der Waals surface area contributed by atoms with Gasteiger partial charge in [0.1, 0.15) is 5.69 Å². The van der Waals surface area contributed by atoms with Crippen LogP contribution in [-0.4, -0.2) is 42.2 Å². The standard InChI is InChI=1S/C34H31N5O5S/c1-3-5-27(40)6-4-7-33(41)38-26-9-11-28(12-10-26)45(42,43)39-32-21-25(22-37-34(32)44-2)24-8-13-31-30(20-24)29(16-19-36-31)23-14-17-35-18-15-23/h3,5,8-22,39H,4,6-7H2,1-2H3,(H,38,41). The third kappa shape index (κ3) is 7.57. The number of amides is 1. The van der Waals surface area contributed by atoms with E-state index in [2.05, 4.69) is 25.0 Å². The predicted octanol–water partition coefficient (Wildman–Crippen LogP) is 6.42. The fourth-order valence-electron chi connectivity index (χ4n) is 4.79. The second-order valence-electron chi connectivity index (χ2n) is 10.1. The highest BCUT2D eigenvalue weighted by Gasteiger charge is 2.19. The van der Waals surface area contributed by atoms with Crippen LogP contribution in [0.3, 0.4) is 0 Å². The van der Waals surface area contributed by atoms with Crippen molar-refractivity contribution in [1.29, 1.82) is 0 Å². The lowest BCUT2D eigenvalue weighted by molar-refractivity contribution is -0.116. The lowest BCUT2D eigenvalue weighted by Gasteiger charge is -2.14. The molecule has 3 heterocycles. The Morgan fingerprint density at radius 3 is 2.38 bits per heavy atom. The van der Waals surface area contributed by atoms with E-state index in [9.17, 15) is 18.0 Å². The van der Waals surface area contributed by atoms with Crippen molar-refractivity contribution in [2.45, 2.75) is 31.1 Å². The van der Waals surface area contributed by atoms with Crippen LogP contribution in [0.5, 0.6) is 5.88 Å². The molecule has 0 bridgehead atoms. The van der Waals surface area contributed by atoms with Crippen LogP contribution in [0.25, 0.3) is 33.2 Å². The molecule has 0 spiro atoms. The molecule has 0 fully saturated rings. The third-order valence-corrected chi connectivity index (χ3v) is 8.36. The molecule has 5 aromatic rings. The van der Waals surface area contributed by atoms with Crippen molar-refractivity contribution in [3.63, 3.8) is 0 Å². The molecule has 0 aliphatic rings. The fraction of sp³-hybridized carbons (Fsp3) is 0.147. The summed E-state index contributed by atoms with van der Waals surface area (Å²) < 4.78 is 34.7. The van der Waals surface area contributed by atoms with Crippen LogP contribution in [-0.2, 0) is 19.6 Å². The molecule has 0 saturated heterocycles. The number of pyridine rings is 3. The SMILES string of the molecule is CC=CC(=O)CCCC(=O)Nc1ccc(S(=O)(=O)Nc2cc(-c3ccc4nccc(-c5ccncc5)c4c3)cnc2OC)cc1. The molecule has 11 heteroatoms. The maximum Gasteiger partial charge on any atom is 0.262 e. The van der Waals surface area contributed by atoms with Crippen LogP contribution in [0.15, 0.2) is 109 Å². The number of sulfonamides is 1. The summed E-state index contributed by atoms with van der Waals surface area (Å²) in [5.41, 5.74) is 4.90. The first kappa shape index (κ1) is 31.0. The molecular formula is C34H31N5O5S. The second kappa shape index (κ2) is 13.9. The third-order valence-electron chi connectivity index (χ3n) is 6.98. The molecule has 0 atom stereocenters. The number of aromatic nitrogens is 3. The number of benzene rings is 2. The van der Waals surface area contributed by atoms with Gasteiger partial charge in [0.25, 0.3) is 10.0 Å². The summed E-state index contributed by atoms with van der Waals surface area (Å²) in [5, 5.41) is 3.65. The Morgan fingerprint density at radius 2 is 1.64 bits per heavy atom. The summed E-state index contributed by atoms with van der Waals surface area (Å²) >= 11 is 0. The van der Waals surface area contributed by atoms with Gasteiger partial charge in [-0.15, -0.1) is 0 Å². The zero-order valence-corrected chi connectivity index (χ0v) is 25.5. The summed E-state index contributed by atoms with van der Waals surface area (Å²) in [6.07, 6.45) is 10.9. The van der Waals surface area contributed by atoms with Crippen molar-refractivity contribution in [3.8, 4) is 28.1 Å². The largest absolute Gasteiger partial charge is 0.480 e. The molecule has 45 heavy (non-hydrogen) atoms. The Morgan fingerprint density at radius 1 is 0.867 bits per heavy atom. The topological polar surface area (TPSA) is 140 Å². The molecule has 0 radical (unpaired) electrons. The minimum atomic E-state index is -4.04. The number of hydrogen-bond acceptors (Lipinski definition) is 8. The molecule has 0 aliphatic carbocycles. The maximum absolute atomic E-state index is 13.4. The number of fused-ring (bicyclic) bond motifs is 1. The minimum Gasteiger partial charge on any atom is -0.480 e. The van der Waals surface area contributed by atoms with Gasteiger partial charge in [-0.25, -0.2) is 13.4 Å². The summed E-state index contributed by atoms with van der Waals surface area (Å²) in [7, 11) is -2.63. The van der Waals surface area contributed by atoms with Crippen LogP contribution < -0.4 is 14.8 Å². The summed E-state index contributed by atoms with van der Waals surface area (Å²) in [4.78, 5) is 36.8. The number of nitrogens with one attached hydrogen (secondary N) is 2. The van der Waals surface area contributed by atoms with E-state index in [4.69, 9.17) is 4.74 Å². The lowest BCUT2D eigenvalue weighted by Crippen LogP contribution is -2.15. The second-order valence-corrected chi connectivity index (χ2v) is 11.8. The van der Waals surface area contributed by atoms with E-state index in [1.807, 2.05) is 36.4 Å². The minimum absolute atomic E-state index is 0.0105. The van der Waals surface area contributed by atoms with Crippen LogP contribution >= 0.6 is 0 Å². The van der Waals surface area contributed by atoms with Crippen LogP contribution in [0, 0.1) is 0 Å². The molecule has 228 valence electrons. The lowest BCUT2D eigenvalue weighted by atomic mass is 9.98. The average molecular weight is 622 g/mol. The highest BCUT2D eigenvalue weighted by molar-refractivity contribution is 7.92. The Labute approximate surface area is 261 Å². The number of ether oxygens (including phenoxy) is 1. The molecule has 10 nitrogen and oxygen atoms in total. The van der Waals surface area contributed by atoms with Gasteiger partial charge in [-0.05, 0) is 96.8 Å². The van der Waals surface area contributed by atoms with Gasteiger partial charge < -0.3 is 10.1 Å². The van der Waals surface area contributed by atoms with Gasteiger partial charge in [0.15, 0.2) is 5.78 Å². The first-order valence-electron chi connectivity index (χ1n) is 14.2. The summed E-state index contributed by atoms with van der Waals surface area (Å²) in [6.45, 7) is 1.76. The van der Waals surface area contributed by atoms with E-state index >= 15 is 0 Å². The summed E-state index contributed by atoms with van der Waals surface area (Å²) in [6, 6.07) is 19.1. The maximum atomic E-state index is 13.4. The number of hydrogen-bond donors (Lipinski definition) is 2. The van der Waals surface area contributed by atoms with Crippen LogP contribution in [0.2, 0.25) is 0 Å². The fourth-order valence-corrected chi connectivity index (χ4v) is 5.84. The van der Waals surface area contributed by atoms with Crippen molar-refractivity contribution in [1.82, 2.24) is 15.0 Å². The molecule has 3 aromatic heterocycles. The van der Waals surface area contributed by atoms with Gasteiger partial charge in [0.2, 0.25) is 11.8 Å². The molecular weight excluding hydrogens is 590 g/mol. The molecule has 5 rings (SSSR count). The van der Waals surface area contributed by atoms with Gasteiger partial charge in [0, 0.05) is 54.3 Å². The van der Waals surface area contributed by atoms with Crippen LogP contribution in [0.1, 0.15) is 26.2 Å². The van der Waals surface area contributed by atoms with Gasteiger partial charge in [-0.2, -0.15) is 0 Å². The molecule has 2 aromatic carbocycles. The van der Waals surface area contributed by atoms with E-state index in [1.54, 1.807) is 43.9 Å². The number of carbonyl (C=O) groups is 2. The Hall–Kier alpha value is -5.42. The Bertz CT molecular complexity index is 1980. The number of methoxy groups -OCH3 is 1. The van der Waals surface area contributed by atoms with E-state index in [1.165, 1.54) is 37.5 Å². The zero-order chi connectivity index (χ0) is 31.8. The van der Waals surface area contributed by atoms with Crippen molar-refractivity contribution >= 4 is 44.0 Å². The van der Waals surface area contributed by atoms with E-state index in [0.29, 0.717) is 17.7 Å². The van der Waals surface area contributed by atoms with E-state index in [-0.39, 0.29) is 41.0 Å². The van der Waals surface area contributed by atoms with E-state index < -0.39 is 10.0 Å². The van der Waals surface area contributed by atoms with Crippen molar-refractivity contribution < 1.29 is 22.7 Å². The molecule has 0 unspecified atom stereocenters. The van der Waals surface area contributed by atoms with Gasteiger partial charge >= 0.3 is 0 Å². The Kier molecular flexibility index (Phi) is 9.59. The normalized spacial score (nSPS) is 11.4. The van der Waals surface area contributed by atoms with Gasteiger partial charge in [-0.3, -0.25) is 24.3 Å². The number of nitrogens with zero attached hydrogens (tertiary/aromatic N) is 3. The van der Waals surface area contributed by atoms with Crippen molar-refractivity contribution in [2.75, 3.05) is 17.1 Å². The predicted molar refractivity (Wildman–Crippen MR) is 174 cm³/mol. The summed E-state index contributed by atoms with van der Waals surface area (Å²) in [5.74, 6) is -0.185. The smallest absolute Gasteiger partial charge is 0.262 e. The highest BCUT2D eigenvalue weighted by atomic mass is 32.2. The highest BCUT2D eigenvalue weighted by Crippen LogP contribution is 2.34. The number of anilines is 2.